The molecule has 4 nitrogen and oxygen atoms in total. The maximum atomic E-state index is 11.3. The van der Waals surface area contributed by atoms with Crippen molar-refractivity contribution in [1.82, 2.24) is 4.31 Å². The molecule has 5 heteroatoms. The monoisotopic (exact) mass is 231 g/mol. The van der Waals surface area contributed by atoms with Crippen molar-refractivity contribution in [3.63, 3.8) is 0 Å². The molecule has 0 bridgehead atoms. The van der Waals surface area contributed by atoms with Crippen LogP contribution in [0.1, 0.15) is 19.3 Å². The number of nitrogens with zero attached hydrogens (tertiary/aromatic N) is 1. The third-order valence-electron chi connectivity index (χ3n) is 2.67. The fourth-order valence-corrected chi connectivity index (χ4v) is 2.80. The molecule has 1 heterocycles. The van der Waals surface area contributed by atoms with Gasteiger partial charge in [-0.25, -0.2) is 12.7 Å². The molecule has 1 aliphatic rings. The Bertz CT molecular complexity index is 348. The van der Waals surface area contributed by atoms with Crippen molar-refractivity contribution in [2.45, 2.75) is 19.3 Å². The Morgan fingerprint density at radius 1 is 1.60 bits per heavy atom. The van der Waals surface area contributed by atoms with Crippen molar-refractivity contribution in [1.29, 1.82) is 0 Å². The molecule has 0 N–H and O–H groups in total. The average Bonchev–Trinajstić information content (AvgIpc) is 2.17. The quantitative estimate of drug-likeness (QED) is 0.673. The van der Waals surface area contributed by atoms with E-state index in [1.165, 1.54) is 16.6 Å². The van der Waals surface area contributed by atoms with Gasteiger partial charge >= 0.3 is 0 Å². The zero-order valence-electron chi connectivity index (χ0n) is 8.98. The number of rotatable bonds is 4. The van der Waals surface area contributed by atoms with Gasteiger partial charge in [-0.2, -0.15) is 0 Å². The summed E-state index contributed by atoms with van der Waals surface area (Å²) in [7, 11) is -3.11. The lowest BCUT2D eigenvalue weighted by Gasteiger charge is -2.30. The Balaban J connectivity index is 2.57. The van der Waals surface area contributed by atoms with Gasteiger partial charge in [0.2, 0.25) is 10.0 Å². The minimum atomic E-state index is -3.11. The Hall–Kier alpha value is -0.680. The summed E-state index contributed by atoms with van der Waals surface area (Å²) in [6.45, 7) is 4.46. The van der Waals surface area contributed by atoms with Gasteiger partial charge in [-0.1, -0.05) is 6.58 Å². The van der Waals surface area contributed by atoms with Crippen molar-refractivity contribution in [2.24, 2.45) is 5.92 Å². The molecule has 86 valence electrons. The smallest absolute Gasteiger partial charge is 0.211 e. The first kappa shape index (κ1) is 12.4. The average molecular weight is 231 g/mol. The van der Waals surface area contributed by atoms with Crippen LogP contribution < -0.4 is 0 Å². The van der Waals surface area contributed by atoms with Crippen molar-refractivity contribution in [3.8, 4) is 0 Å². The third-order valence-corrected chi connectivity index (χ3v) is 3.94. The van der Waals surface area contributed by atoms with Gasteiger partial charge < -0.3 is 0 Å². The highest BCUT2D eigenvalue weighted by Crippen LogP contribution is 2.21. The summed E-state index contributed by atoms with van der Waals surface area (Å²) in [4.78, 5) is 11.2. The van der Waals surface area contributed by atoms with E-state index in [4.69, 9.17) is 0 Å². The lowest BCUT2D eigenvalue weighted by Crippen LogP contribution is -2.39. The molecule has 15 heavy (non-hydrogen) atoms. The fourth-order valence-electron chi connectivity index (χ4n) is 1.86. The van der Waals surface area contributed by atoms with Crippen LogP contribution in [0.15, 0.2) is 12.7 Å². The summed E-state index contributed by atoms with van der Waals surface area (Å²) in [5.41, 5.74) is 0. The molecule has 0 aromatic heterocycles. The van der Waals surface area contributed by atoms with E-state index in [1.54, 1.807) is 0 Å². The molecular formula is C10H17NO3S. The molecule has 0 aromatic carbocycles. The number of carbonyl (C=O) groups excluding carboxylic acids is 1. The highest BCUT2D eigenvalue weighted by Gasteiger charge is 2.26. The van der Waals surface area contributed by atoms with Gasteiger partial charge in [0.1, 0.15) is 0 Å². The molecule has 1 aliphatic heterocycles. The predicted octanol–water partition coefficient (Wildman–Crippen LogP) is 0.803. The number of piperidine rings is 1. The minimum Gasteiger partial charge on any atom is -0.295 e. The molecule has 0 saturated carbocycles. The molecule has 1 rings (SSSR count). The Labute approximate surface area is 91.0 Å². The molecule has 0 amide bonds. The van der Waals surface area contributed by atoms with Crippen LogP contribution in [-0.2, 0) is 14.8 Å². The van der Waals surface area contributed by atoms with Crippen LogP contribution in [0.25, 0.3) is 0 Å². The molecule has 0 aromatic rings. The maximum absolute atomic E-state index is 11.3. The first-order chi connectivity index (χ1) is 6.93. The molecule has 1 saturated heterocycles. The van der Waals surface area contributed by atoms with Crippen molar-refractivity contribution in [3.05, 3.63) is 12.7 Å². The topological polar surface area (TPSA) is 54.5 Å². The summed E-state index contributed by atoms with van der Waals surface area (Å²) >= 11 is 0. The molecule has 0 radical (unpaired) electrons. The number of hydrogen-bond donors (Lipinski definition) is 0. The Morgan fingerprint density at radius 3 is 2.80 bits per heavy atom. The molecule has 1 fully saturated rings. The number of allylic oxidation sites excluding steroid dienone is 1. The van der Waals surface area contributed by atoms with E-state index in [1.807, 2.05) is 0 Å². The van der Waals surface area contributed by atoms with Crippen LogP contribution in [-0.4, -0.2) is 37.9 Å². The summed E-state index contributed by atoms with van der Waals surface area (Å²) in [6.07, 6.45) is 4.69. The van der Waals surface area contributed by atoms with Gasteiger partial charge in [0, 0.05) is 19.5 Å². The van der Waals surface area contributed by atoms with E-state index < -0.39 is 10.0 Å². The normalized spacial score (nSPS) is 23.7. The lowest BCUT2D eigenvalue weighted by atomic mass is 9.94. The molecular weight excluding hydrogens is 214 g/mol. The predicted molar refractivity (Wildman–Crippen MR) is 59.0 cm³/mol. The van der Waals surface area contributed by atoms with Crippen molar-refractivity contribution >= 4 is 15.8 Å². The fraction of sp³-hybridized carbons (Fsp3) is 0.700. The molecule has 1 unspecified atom stereocenters. The Morgan fingerprint density at radius 2 is 2.27 bits per heavy atom. The zero-order valence-corrected chi connectivity index (χ0v) is 9.79. The second-order valence-electron chi connectivity index (χ2n) is 4.00. The largest absolute Gasteiger partial charge is 0.295 e. The zero-order chi connectivity index (χ0) is 11.5. The van der Waals surface area contributed by atoms with Gasteiger partial charge in [0.05, 0.1) is 6.26 Å². The van der Waals surface area contributed by atoms with Crippen LogP contribution in [0.2, 0.25) is 0 Å². The highest BCUT2D eigenvalue weighted by atomic mass is 32.2. The summed E-state index contributed by atoms with van der Waals surface area (Å²) in [5, 5.41) is 0. The highest BCUT2D eigenvalue weighted by molar-refractivity contribution is 7.88. The van der Waals surface area contributed by atoms with Gasteiger partial charge in [0.25, 0.3) is 0 Å². The van der Waals surface area contributed by atoms with E-state index in [-0.39, 0.29) is 11.7 Å². The van der Waals surface area contributed by atoms with E-state index in [2.05, 4.69) is 6.58 Å². The summed E-state index contributed by atoms with van der Waals surface area (Å²) in [6, 6.07) is 0. The second kappa shape index (κ2) is 4.90. The van der Waals surface area contributed by atoms with Crippen LogP contribution in [0.4, 0.5) is 0 Å². The maximum Gasteiger partial charge on any atom is 0.211 e. The second-order valence-corrected chi connectivity index (χ2v) is 5.99. The van der Waals surface area contributed by atoms with E-state index >= 15 is 0 Å². The minimum absolute atomic E-state index is 0.00430. The van der Waals surface area contributed by atoms with Crippen molar-refractivity contribution in [2.75, 3.05) is 19.3 Å². The number of carbonyl (C=O) groups is 1. The van der Waals surface area contributed by atoms with Gasteiger partial charge in [-0.3, -0.25) is 4.79 Å². The van der Waals surface area contributed by atoms with Crippen LogP contribution in [0.5, 0.6) is 0 Å². The molecule has 0 aliphatic carbocycles. The van der Waals surface area contributed by atoms with Crippen LogP contribution in [0, 0.1) is 5.92 Å². The first-order valence-electron chi connectivity index (χ1n) is 5.04. The number of hydrogen-bond acceptors (Lipinski definition) is 3. The van der Waals surface area contributed by atoms with Crippen LogP contribution >= 0.6 is 0 Å². The Kier molecular flexibility index (Phi) is 4.04. The third kappa shape index (κ3) is 3.76. The molecule has 0 spiro atoms. The summed E-state index contributed by atoms with van der Waals surface area (Å²) < 4.78 is 24.1. The van der Waals surface area contributed by atoms with Crippen LogP contribution in [0.3, 0.4) is 0 Å². The van der Waals surface area contributed by atoms with E-state index in [0.29, 0.717) is 19.5 Å². The lowest BCUT2D eigenvalue weighted by molar-refractivity contribution is -0.115. The van der Waals surface area contributed by atoms with Crippen molar-refractivity contribution < 1.29 is 13.2 Å². The standard InChI is InChI=1S/C10H17NO3S/c1-3-10(12)7-9-5-4-6-11(8-9)15(2,13)14/h3,9H,1,4-8H2,2H3. The number of sulfonamides is 1. The van der Waals surface area contributed by atoms with Gasteiger partial charge in [0.15, 0.2) is 5.78 Å². The van der Waals surface area contributed by atoms with E-state index in [9.17, 15) is 13.2 Å². The number of ketones is 1. The first-order valence-corrected chi connectivity index (χ1v) is 6.88. The SMILES string of the molecule is C=CC(=O)CC1CCCN(S(C)(=O)=O)C1. The summed E-state index contributed by atoms with van der Waals surface area (Å²) in [5.74, 6) is 0.148. The van der Waals surface area contributed by atoms with Gasteiger partial charge in [-0.05, 0) is 24.8 Å². The van der Waals surface area contributed by atoms with E-state index in [0.717, 1.165) is 12.8 Å². The van der Waals surface area contributed by atoms with Gasteiger partial charge in [-0.15, -0.1) is 0 Å². The molecule has 1 atom stereocenters.